The smallest absolute Gasteiger partial charge is 0.416 e. The lowest BCUT2D eigenvalue weighted by Crippen LogP contribution is -2.15. The molecule has 0 aliphatic heterocycles. The topological polar surface area (TPSA) is 99.6 Å². The molecule has 1 heterocycles. The van der Waals surface area contributed by atoms with Crippen LogP contribution in [0.5, 0.6) is 0 Å². The van der Waals surface area contributed by atoms with E-state index in [9.17, 15) is 18.0 Å². The van der Waals surface area contributed by atoms with Crippen molar-refractivity contribution >= 4 is 11.7 Å². The quantitative estimate of drug-likeness (QED) is 0.546. The normalized spacial score (nSPS) is 12.6. The van der Waals surface area contributed by atoms with Gasteiger partial charge >= 0.3 is 12.1 Å². The SMILES string of the molecule is NOCCC(CC(=O)O)=C(On1ccnc1)c1cccc(C(F)(F)F)c1. The van der Waals surface area contributed by atoms with Crippen LogP contribution in [0.3, 0.4) is 0 Å². The third-order valence-electron chi connectivity index (χ3n) is 3.34. The number of halogens is 3. The van der Waals surface area contributed by atoms with E-state index in [4.69, 9.17) is 15.8 Å². The maximum atomic E-state index is 13.0. The zero-order chi connectivity index (χ0) is 19.2. The van der Waals surface area contributed by atoms with Crippen molar-refractivity contribution in [3.05, 3.63) is 59.7 Å². The molecule has 140 valence electrons. The molecule has 0 spiro atoms. The second-order valence-electron chi connectivity index (χ2n) is 5.22. The van der Waals surface area contributed by atoms with E-state index in [1.165, 1.54) is 30.9 Å². The minimum absolute atomic E-state index is 0.0294. The predicted octanol–water partition coefficient (Wildman–Crippen LogP) is 2.50. The van der Waals surface area contributed by atoms with Crippen molar-refractivity contribution < 1.29 is 32.7 Å². The standard InChI is InChI=1S/C16H16F3N3O4/c17-16(18,19)13-3-1-2-11(8-13)15(26-22-6-5-21-10-22)12(4-7-25-20)9-14(23)24/h1-3,5-6,8,10H,4,7,9,20H2,(H,23,24). The molecule has 7 nitrogen and oxygen atoms in total. The Hall–Kier alpha value is -2.85. The fraction of sp³-hybridized carbons (Fsp3) is 0.250. The average molecular weight is 371 g/mol. The van der Waals surface area contributed by atoms with Gasteiger partial charge in [0.05, 0.1) is 24.8 Å². The lowest BCUT2D eigenvalue weighted by atomic mass is 10.0. The zero-order valence-corrected chi connectivity index (χ0v) is 13.4. The number of aliphatic carboxylic acids is 1. The van der Waals surface area contributed by atoms with E-state index in [1.807, 2.05) is 0 Å². The van der Waals surface area contributed by atoms with Gasteiger partial charge in [0, 0.05) is 11.8 Å². The largest absolute Gasteiger partial charge is 0.481 e. The number of carboxylic acids is 1. The monoisotopic (exact) mass is 371 g/mol. The maximum absolute atomic E-state index is 13.0. The number of nitrogens with zero attached hydrogens (tertiary/aromatic N) is 2. The number of nitrogens with two attached hydrogens (primary N) is 1. The molecule has 0 aliphatic carbocycles. The molecule has 2 aromatic rings. The number of aromatic nitrogens is 2. The predicted molar refractivity (Wildman–Crippen MR) is 84.2 cm³/mol. The summed E-state index contributed by atoms with van der Waals surface area (Å²) in [6, 6.07) is 4.41. The van der Waals surface area contributed by atoms with Gasteiger partial charge in [-0.25, -0.2) is 10.9 Å². The van der Waals surface area contributed by atoms with E-state index < -0.39 is 24.1 Å². The minimum atomic E-state index is -4.55. The molecule has 0 saturated heterocycles. The lowest BCUT2D eigenvalue weighted by molar-refractivity contribution is -0.138. The van der Waals surface area contributed by atoms with Crippen LogP contribution in [0.15, 0.2) is 48.6 Å². The number of alkyl halides is 3. The van der Waals surface area contributed by atoms with Crippen LogP contribution in [-0.2, 0) is 15.8 Å². The van der Waals surface area contributed by atoms with Crippen molar-refractivity contribution in [2.24, 2.45) is 5.90 Å². The molecule has 0 unspecified atom stereocenters. The van der Waals surface area contributed by atoms with Gasteiger partial charge in [-0.2, -0.15) is 17.9 Å². The number of imidazole rings is 1. The minimum Gasteiger partial charge on any atom is -0.481 e. The summed E-state index contributed by atoms with van der Waals surface area (Å²) in [5, 5.41) is 9.13. The van der Waals surface area contributed by atoms with Gasteiger partial charge < -0.3 is 14.8 Å². The zero-order valence-electron chi connectivity index (χ0n) is 13.4. The molecule has 3 N–H and O–H groups in total. The molecule has 0 bridgehead atoms. The fourth-order valence-electron chi connectivity index (χ4n) is 2.21. The van der Waals surface area contributed by atoms with Gasteiger partial charge in [0.2, 0.25) is 0 Å². The van der Waals surface area contributed by atoms with Crippen LogP contribution in [0, 0.1) is 0 Å². The maximum Gasteiger partial charge on any atom is 0.416 e. The number of carbonyl (C=O) groups is 1. The highest BCUT2D eigenvalue weighted by atomic mass is 19.4. The second kappa shape index (κ2) is 8.50. The van der Waals surface area contributed by atoms with Crippen molar-refractivity contribution in [3.8, 4) is 0 Å². The molecule has 0 saturated carbocycles. The number of carboxylic acid groups (broad SMARTS) is 1. The summed E-state index contributed by atoms with van der Waals surface area (Å²) in [6.45, 7) is -0.0294. The first-order valence-corrected chi connectivity index (χ1v) is 7.40. The lowest BCUT2D eigenvalue weighted by Gasteiger charge is -2.17. The van der Waals surface area contributed by atoms with Crippen molar-refractivity contribution in [1.29, 1.82) is 0 Å². The van der Waals surface area contributed by atoms with Crippen LogP contribution >= 0.6 is 0 Å². The average Bonchev–Trinajstić information content (AvgIpc) is 3.09. The number of hydrogen-bond acceptors (Lipinski definition) is 5. The fourth-order valence-corrected chi connectivity index (χ4v) is 2.21. The molecule has 10 heteroatoms. The molecule has 1 aromatic heterocycles. The van der Waals surface area contributed by atoms with Crippen LogP contribution in [0.25, 0.3) is 5.76 Å². The van der Waals surface area contributed by atoms with E-state index in [2.05, 4.69) is 9.82 Å². The summed E-state index contributed by atoms with van der Waals surface area (Å²) in [5.74, 6) is 3.78. The van der Waals surface area contributed by atoms with Gasteiger partial charge in [-0.1, -0.05) is 12.1 Å². The highest BCUT2D eigenvalue weighted by Gasteiger charge is 2.31. The van der Waals surface area contributed by atoms with Crippen LogP contribution in [-0.4, -0.2) is 27.4 Å². The second-order valence-corrected chi connectivity index (χ2v) is 5.22. The van der Waals surface area contributed by atoms with Crippen LogP contribution in [0.1, 0.15) is 24.0 Å². The molecule has 26 heavy (non-hydrogen) atoms. The molecule has 1 aromatic carbocycles. The van der Waals surface area contributed by atoms with Crippen LogP contribution < -0.4 is 10.7 Å². The highest BCUT2D eigenvalue weighted by molar-refractivity contribution is 5.75. The number of benzene rings is 1. The third-order valence-corrected chi connectivity index (χ3v) is 3.34. The number of rotatable bonds is 8. The van der Waals surface area contributed by atoms with Crippen LogP contribution in [0.4, 0.5) is 13.2 Å². The van der Waals surface area contributed by atoms with E-state index in [0.29, 0.717) is 0 Å². The van der Waals surface area contributed by atoms with E-state index in [0.717, 1.165) is 16.9 Å². The summed E-state index contributed by atoms with van der Waals surface area (Å²) in [6.07, 6.45) is -0.837. The van der Waals surface area contributed by atoms with Crippen molar-refractivity contribution in [2.75, 3.05) is 6.61 Å². The molecule has 0 atom stereocenters. The molecular formula is C16H16F3N3O4. The van der Waals surface area contributed by atoms with Crippen molar-refractivity contribution in [1.82, 2.24) is 9.71 Å². The summed E-state index contributed by atoms with van der Waals surface area (Å²) in [4.78, 5) is 25.0. The Morgan fingerprint density at radius 3 is 2.69 bits per heavy atom. The molecule has 2 rings (SSSR count). The number of hydrogen-bond donors (Lipinski definition) is 2. The van der Waals surface area contributed by atoms with Crippen LogP contribution in [0.2, 0.25) is 0 Å². The molecular weight excluding hydrogens is 355 g/mol. The Kier molecular flexibility index (Phi) is 6.36. The highest BCUT2D eigenvalue weighted by Crippen LogP contribution is 2.32. The Labute approximate surface area is 146 Å². The third kappa shape index (κ3) is 5.33. The summed E-state index contributed by atoms with van der Waals surface area (Å²) in [7, 11) is 0. The first-order chi connectivity index (χ1) is 12.3. The van der Waals surface area contributed by atoms with Gasteiger partial charge in [0.1, 0.15) is 6.33 Å². The van der Waals surface area contributed by atoms with E-state index >= 15 is 0 Å². The Bertz CT molecular complexity index is 773. The summed E-state index contributed by atoms with van der Waals surface area (Å²) < 4.78 is 40.2. The Morgan fingerprint density at radius 1 is 1.35 bits per heavy atom. The van der Waals surface area contributed by atoms with Gasteiger partial charge in [0.25, 0.3) is 0 Å². The van der Waals surface area contributed by atoms with Crippen molar-refractivity contribution in [3.63, 3.8) is 0 Å². The van der Waals surface area contributed by atoms with Gasteiger partial charge in [-0.05, 0) is 24.1 Å². The van der Waals surface area contributed by atoms with E-state index in [1.54, 1.807) is 0 Å². The van der Waals surface area contributed by atoms with Gasteiger partial charge in [0.15, 0.2) is 5.76 Å². The summed E-state index contributed by atoms with van der Waals surface area (Å²) >= 11 is 0. The first kappa shape index (κ1) is 19.5. The molecule has 0 aliphatic rings. The Balaban J connectivity index is 2.54. The molecule has 0 amide bonds. The molecule has 0 radical (unpaired) electrons. The summed E-state index contributed by atoms with van der Waals surface area (Å²) in [5.41, 5.74) is -0.593. The molecule has 0 fully saturated rings. The van der Waals surface area contributed by atoms with E-state index in [-0.39, 0.29) is 29.9 Å². The van der Waals surface area contributed by atoms with Crippen molar-refractivity contribution in [2.45, 2.75) is 19.0 Å². The van der Waals surface area contributed by atoms with Gasteiger partial charge in [-0.3, -0.25) is 4.79 Å². The van der Waals surface area contributed by atoms with Gasteiger partial charge in [-0.15, -0.1) is 0 Å². The Morgan fingerprint density at radius 2 is 2.12 bits per heavy atom. The first-order valence-electron chi connectivity index (χ1n) is 7.40.